The van der Waals surface area contributed by atoms with Crippen LogP contribution in [-0.2, 0) is 6.54 Å². The summed E-state index contributed by atoms with van der Waals surface area (Å²) in [6.45, 7) is 4.21. The van der Waals surface area contributed by atoms with Gasteiger partial charge in [0.05, 0.1) is 4.88 Å². The summed E-state index contributed by atoms with van der Waals surface area (Å²) in [6.07, 6.45) is 3.78. The Morgan fingerprint density at radius 3 is 3.00 bits per heavy atom. The molecule has 1 aliphatic heterocycles. The summed E-state index contributed by atoms with van der Waals surface area (Å²) in [7, 11) is 0. The van der Waals surface area contributed by atoms with Crippen LogP contribution in [0.25, 0.3) is 10.1 Å². The molecule has 0 spiro atoms. The van der Waals surface area contributed by atoms with E-state index in [2.05, 4.69) is 29.4 Å². The summed E-state index contributed by atoms with van der Waals surface area (Å²) in [5.74, 6) is 5.16. The second kappa shape index (κ2) is 6.13. The zero-order valence-corrected chi connectivity index (χ0v) is 13.1. The number of nitrogens with zero attached hydrogens (tertiary/aromatic N) is 1. The number of thiophene rings is 1. The van der Waals surface area contributed by atoms with Gasteiger partial charge in [-0.15, -0.1) is 11.3 Å². The maximum Gasteiger partial charge on any atom is 0.275 e. The van der Waals surface area contributed by atoms with E-state index in [1.54, 1.807) is 0 Å². The summed E-state index contributed by atoms with van der Waals surface area (Å²) < 4.78 is 1.15. The van der Waals surface area contributed by atoms with Gasteiger partial charge in [0.25, 0.3) is 5.91 Å². The molecule has 2 heterocycles. The van der Waals surface area contributed by atoms with E-state index in [0.717, 1.165) is 28.2 Å². The second-order valence-electron chi connectivity index (χ2n) is 5.69. The van der Waals surface area contributed by atoms with E-state index in [0.29, 0.717) is 6.04 Å². The van der Waals surface area contributed by atoms with Gasteiger partial charge >= 0.3 is 0 Å². The summed E-state index contributed by atoms with van der Waals surface area (Å²) in [5, 5.41) is 1.18. The highest BCUT2D eigenvalue weighted by atomic mass is 32.1. The number of benzene rings is 1. The van der Waals surface area contributed by atoms with Crippen molar-refractivity contribution in [1.29, 1.82) is 0 Å². The van der Waals surface area contributed by atoms with Crippen LogP contribution in [0.3, 0.4) is 0 Å². The number of nitrogen functional groups attached to an aromatic ring is 1. The number of hydrazine groups is 1. The molecule has 2 aromatic rings. The Labute approximate surface area is 128 Å². The number of fused-ring (bicyclic) bond motifs is 1. The lowest BCUT2D eigenvalue weighted by molar-refractivity contribution is 0.0954. The van der Waals surface area contributed by atoms with Crippen molar-refractivity contribution in [2.45, 2.75) is 38.8 Å². The van der Waals surface area contributed by atoms with E-state index in [1.807, 2.05) is 12.1 Å². The molecule has 0 radical (unpaired) electrons. The van der Waals surface area contributed by atoms with Crippen LogP contribution in [0.5, 0.6) is 0 Å². The molecule has 1 amide bonds. The number of carbonyl (C=O) groups is 1. The van der Waals surface area contributed by atoms with Crippen molar-refractivity contribution in [3.63, 3.8) is 0 Å². The monoisotopic (exact) mass is 303 g/mol. The van der Waals surface area contributed by atoms with Crippen molar-refractivity contribution < 1.29 is 4.79 Å². The van der Waals surface area contributed by atoms with Crippen molar-refractivity contribution in [3.8, 4) is 0 Å². The van der Waals surface area contributed by atoms with Gasteiger partial charge in [-0.05, 0) is 43.3 Å². The van der Waals surface area contributed by atoms with Gasteiger partial charge in [0.1, 0.15) is 0 Å². The number of nitrogens with one attached hydrogen (secondary N) is 1. The molecule has 5 heteroatoms. The summed E-state index contributed by atoms with van der Waals surface area (Å²) in [6, 6.07) is 8.78. The van der Waals surface area contributed by atoms with E-state index < -0.39 is 0 Å². The molecule has 3 N–H and O–H groups in total. The molecule has 1 fully saturated rings. The molecule has 1 saturated heterocycles. The molecule has 0 bridgehead atoms. The van der Waals surface area contributed by atoms with E-state index >= 15 is 0 Å². The fourth-order valence-electron chi connectivity index (χ4n) is 3.10. The van der Waals surface area contributed by atoms with Crippen molar-refractivity contribution in [1.82, 2.24) is 10.3 Å². The number of piperidine rings is 1. The van der Waals surface area contributed by atoms with Gasteiger partial charge < -0.3 is 0 Å². The number of rotatable bonds is 3. The average molecular weight is 303 g/mol. The van der Waals surface area contributed by atoms with Gasteiger partial charge in [0.2, 0.25) is 0 Å². The third-order valence-corrected chi connectivity index (χ3v) is 5.55. The third kappa shape index (κ3) is 2.81. The van der Waals surface area contributed by atoms with Crippen molar-refractivity contribution in [3.05, 3.63) is 34.7 Å². The predicted molar refractivity (Wildman–Crippen MR) is 87.2 cm³/mol. The normalized spacial score (nSPS) is 19.8. The largest absolute Gasteiger partial charge is 0.296 e. The smallest absolute Gasteiger partial charge is 0.275 e. The van der Waals surface area contributed by atoms with Gasteiger partial charge in [-0.2, -0.15) is 0 Å². The lowest BCUT2D eigenvalue weighted by atomic mass is 10.0. The van der Waals surface area contributed by atoms with E-state index in [9.17, 15) is 4.79 Å². The average Bonchev–Trinajstić information content (AvgIpc) is 2.88. The number of hydrogen-bond acceptors (Lipinski definition) is 4. The molecule has 1 aromatic carbocycles. The maximum atomic E-state index is 12.1. The first-order valence-corrected chi connectivity index (χ1v) is 8.27. The first-order valence-electron chi connectivity index (χ1n) is 7.46. The predicted octanol–water partition coefficient (Wildman–Crippen LogP) is 2.88. The number of carbonyl (C=O) groups excluding carboxylic acids is 1. The second-order valence-corrected chi connectivity index (χ2v) is 6.75. The number of nitrogens with two attached hydrogens (primary N) is 1. The molecule has 0 aliphatic carbocycles. The Kier molecular flexibility index (Phi) is 4.24. The van der Waals surface area contributed by atoms with Gasteiger partial charge in [0, 0.05) is 17.3 Å². The minimum atomic E-state index is -0.184. The molecule has 21 heavy (non-hydrogen) atoms. The van der Waals surface area contributed by atoms with Gasteiger partial charge in [-0.3, -0.25) is 15.1 Å². The molecular formula is C16H21N3OS. The number of amides is 1. The first-order chi connectivity index (χ1) is 10.2. The van der Waals surface area contributed by atoms with Gasteiger partial charge in [-0.1, -0.05) is 24.6 Å². The van der Waals surface area contributed by atoms with Crippen LogP contribution in [0.1, 0.15) is 41.4 Å². The number of likely N-dealkylation sites (tertiary alicyclic amines) is 1. The van der Waals surface area contributed by atoms with Crippen LogP contribution in [0.2, 0.25) is 0 Å². The summed E-state index contributed by atoms with van der Waals surface area (Å²) >= 11 is 1.53. The van der Waals surface area contributed by atoms with E-state index in [4.69, 9.17) is 5.84 Å². The minimum absolute atomic E-state index is 0.184. The zero-order chi connectivity index (χ0) is 14.8. The Hall–Kier alpha value is -1.43. The molecule has 4 nitrogen and oxygen atoms in total. The van der Waals surface area contributed by atoms with Crippen LogP contribution in [-0.4, -0.2) is 23.4 Å². The highest BCUT2D eigenvalue weighted by Crippen LogP contribution is 2.33. The maximum absolute atomic E-state index is 12.1. The fraction of sp³-hybridized carbons (Fsp3) is 0.438. The molecule has 1 atom stereocenters. The van der Waals surface area contributed by atoms with Crippen LogP contribution in [0.4, 0.5) is 0 Å². The van der Waals surface area contributed by atoms with Crippen LogP contribution in [0.15, 0.2) is 24.3 Å². The van der Waals surface area contributed by atoms with Gasteiger partial charge in [0.15, 0.2) is 0 Å². The molecule has 1 unspecified atom stereocenters. The van der Waals surface area contributed by atoms with E-state index in [1.165, 1.54) is 36.0 Å². The molecular weight excluding hydrogens is 282 g/mol. The van der Waals surface area contributed by atoms with Crippen LogP contribution in [0, 0.1) is 0 Å². The lowest BCUT2D eigenvalue weighted by Crippen LogP contribution is -2.37. The Morgan fingerprint density at radius 1 is 1.43 bits per heavy atom. The highest BCUT2D eigenvalue weighted by molar-refractivity contribution is 7.21. The SMILES string of the molecule is CC1CCCCN1Cc1c(C(=O)NN)sc2ccccc12. The summed E-state index contributed by atoms with van der Waals surface area (Å²) in [4.78, 5) is 15.3. The lowest BCUT2D eigenvalue weighted by Gasteiger charge is -2.33. The number of hydrogen-bond donors (Lipinski definition) is 2. The third-order valence-electron chi connectivity index (χ3n) is 4.34. The van der Waals surface area contributed by atoms with Crippen LogP contribution >= 0.6 is 11.3 Å². The molecule has 3 rings (SSSR count). The molecule has 1 aromatic heterocycles. The van der Waals surface area contributed by atoms with Crippen molar-refractivity contribution in [2.75, 3.05) is 6.54 Å². The van der Waals surface area contributed by atoms with Gasteiger partial charge in [-0.25, -0.2) is 5.84 Å². The molecule has 1 aliphatic rings. The quantitative estimate of drug-likeness (QED) is 0.521. The Morgan fingerprint density at radius 2 is 2.24 bits per heavy atom. The van der Waals surface area contributed by atoms with E-state index in [-0.39, 0.29) is 5.91 Å². The topological polar surface area (TPSA) is 58.4 Å². The Balaban J connectivity index is 2.00. The fourth-order valence-corrected chi connectivity index (χ4v) is 4.22. The first kappa shape index (κ1) is 14.5. The standard InChI is InChI=1S/C16H21N3OS/c1-11-6-4-5-9-19(11)10-13-12-7-2-3-8-14(12)21-15(13)16(20)18-17/h2-3,7-8,11H,4-6,9-10,17H2,1H3,(H,18,20). The minimum Gasteiger partial charge on any atom is -0.296 e. The zero-order valence-electron chi connectivity index (χ0n) is 12.3. The van der Waals surface area contributed by atoms with Crippen molar-refractivity contribution >= 4 is 27.3 Å². The van der Waals surface area contributed by atoms with Crippen LogP contribution < -0.4 is 11.3 Å². The molecule has 112 valence electrons. The summed E-state index contributed by atoms with van der Waals surface area (Å²) in [5.41, 5.74) is 3.40. The van der Waals surface area contributed by atoms with Crippen molar-refractivity contribution in [2.24, 2.45) is 5.84 Å². The Bertz CT molecular complexity index is 652. The molecule has 0 saturated carbocycles. The highest BCUT2D eigenvalue weighted by Gasteiger charge is 2.23.